The molecule has 0 amide bonds. The number of carboxylic acid groups (broad SMARTS) is 1. The third kappa shape index (κ3) is 4.10. The Morgan fingerprint density at radius 3 is 2.70 bits per heavy atom. The summed E-state index contributed by atoms with van der Waals surface area (Å²) in [6.07, 6.45) is 5.05. The van der Waals surface area contributed by atoms with Crippen LogP contribution in [0.5, 0.6) is 11.5 Å². The Kier molecular flexibility index (Phi) is 5.74. The van der Waals surface area contributed by atoms with Gasteiger partial charge in [-0.3, -0.25) is 10.1 Å². The minimum atomic E-state index is -3.04. The lowest BCUT2D eigenvalue weighted by atomic mass is 10.1. The number of methoxy groups -OCH3 is 1. The molecule has 0 heterocycles. The van der Waals surface area contributed by atoms with Crippen molar-refractivity contribution in [3.63, 3.8) is 0 Å². The van der Waals surface area contributed by atoms with Gasteiger partial charge < -0.3 is 14.6 Å². The number of alkyl halides is 2. The van der Waals surface area contributed by atoms with Gasteiger partial charge in [0.2, 0.25) is 0 Å². The maximum absolute atomic E-state index is 12.3. The first-order chi connectivity index (χ1) is 9.49. The number of hydrogen-bond acceptors (Lipinski definition) is 4. The fourth-order valence-electron chi connectivity index (χ4n) is 1.57. The van der Waals surface area contributed by atoms with Crippen molar-refractivity contribution >= 4 is 5.97 Å². The molecule has 1 aromatic rings. The van der Waals surface area contributed by atoms with Crippen LogP contribution in [0.25, 0.3) is 0 Å². The van der Waals surface area contributed by atoms with Crippen LogP contribution < -0.4 is 14.8 Å². The number of carboxylic acids is 1. The van der Waals surface area contributed by atoms with E-state index in [-0.39, 0.29) is 23.6 Å². The van der Waals surface area contributed by atoms with Gasteiger partial charge in [-0.15, -0.1) is 6.42 Å². The van der Waals surface area contributed by atoms with Gasteiger partial charge in [0, 0.05) is 0 Å². The average molecular weight is 285 g/mol. The van der Waals surface area contributed by atoms with E-state index < -0.39 is 18.6 Å². The highest BCUT2D eigenvalue weighted by molar-refractivity contribution is 5.76. The largest absolute Gasteiger partial charge is 0.493 e. The first-order valence-corrected chi connectivity index (χ1v) is 5.52. The summed E-state index contributed by atoms with van der Waals surface area (Å²) >= 11 is 0. The Morgan fingerprint density at radius 2 is 2.20 bits per heavy atom. The van der Waals surface area contributed by atoms with Crippen LogP contribution in [-0.2, 0) is 4.79 Å². The Hall–Kier alpha value is -2.33. The standard InChI is InChI=1S/C13H13F2NO4/c1-3-6-16-11(12(17)18)8-4-5-9(19-2)10(7-8)20-13(14)15/h1,4-5,7,11,13,16H,6H2,2H3,(H,17,18). The summed E-state index contributed by atoms with van der Waals surface area (Å²) in [4.78, 5) is 11.1. The molecule has 0 saturated carbocycles. The normalized spacial score (nSPS) is 11.8. The van der Waals surface area contributed by atoms with Crippen molar-refractivity contribution in [1.29, 1.82) is 0 Å². The third-order valence-electron chi connectivity index (χ3n) is 2.39. The van der Waals surface area contributed by atoms with Gasteiger partial charge in [0.1, 0.15) is 6.04 Å². The summed E-state index contributed by atoms with van der Waals surface area (Å²) in [5.41, 5.74) is 0.226. The van der Waals surface area contributed by atoms with E-state index in [9.17, 15) is 13.6 Å². The summed E-state index contributed by atoms with van der Waals surface area (Å²) < 4.78 is 33.7. The molecule has 0 aliphatic carbocycles. The number of rotatable bonds is 7. The number of terminal acetylenes is 1. The second-order valence-corrected chi connectivity index (χ2v) is 3.65. The SMILES string of the molecule is C#CCNC(C(=O)O)c1ccc(OC)c(OC(F)F)c1. The number of nitrogens with one attached hydrogen (secondary N) is 1. The maximum Gasteiger partial charge on any atom is 0.387 e. The maximum atomic E-state index is 12.3. The van der Waals surface area contributed by atoms with Crippen molar-refractivity contribution in [3.8, 4) is 23.8 Å². The van der Waals surface area contributed by atoms with Crippen LogP contribution in [-0.4, -0.2) is 31.3 Å². The van der Waals surface area contributed by atoms with Gasteiger partial charge in [-0.05, 0) is 17.7 Å². The molecule has 0 aromatic heterocycles. The summed E-state index contributed by atoms with van der Waals surface area (Å²) in [6, 6.07) is 2.82. The molecule has 108 valence electrons. The highest BCUT2D eigenvalue weighted by Gasteiger charge is 2.21. The quantitative estimate of drug-likeness (QED) is 0.746. The number of aliphatic carboxylic acids is 1. The lowest BCUT2D eigenvalue weighted by Crippen LogP contribution is -2.28. The van der Waals surface area contributed by atoms with Crippen LogP contribution in [0.3, 0.4) is 0 Å². The van der Waals surface area contributed by atoms with Crippen molar-refractivity contribution in [2.75, 3.05) is 13.7 Å². The molecule has 0 aliphatic rings. The van der Waals surface area contributed by atoms with E-state index in [4.69, 9.17) is 16.3 Å². The Morgan fingerprint density at radius 1 is 1.50 bits per heavy atom. The zero-order valence-electron chi connectivity index (χ0n) is 10.6. The van der Waals surface area contributed by atoms with Crippen LogP contribution >= 0.6 is 0 Å². The smallest absolute Gasteiger partial charge is 0.387 e. The van der Waals surface area contributed by atoms with Crippen LogP contribution in [0, 0.1) is 12.3 Å². The summed E-state index contributed by atoms with van der Waals surface area (Å²) in [6.45, 7) is -3.02. The van der Waals surface area contributed by atoms with E-state index in [2.05, 4.69) is 16.0 Å². The van der Waals surface area contributed by atoms with E-state index in [1.165, 1.54) is 25.3 Å². The molecular formula is C13H13F2NO4. The number of ether oxygens (including phenoxy) is 2. The molecule has 0 aliphatic heterocycles. The van der Waals surface area contributed by atoms with Gasteiger partial charge in [0.05, 0.1) is 13.7 Å². The van der Waals surface area contributed by atoms with E-state index in [1.54, 1.807) is 0 Å². The van der Waals surface area contributed by atoms with Gasteiger partial charge in [-0.1, -0.05) is 12.0 Å². The third-order valence-corrected chi connectivity index (χ3v) is 2.39. The van der Waals surface area contributed by atoms with Crippen molar-refractivity contribution in [2.45, 2.75) is 12.7 Å². The van der Waals surface area contributed by atoms with Crippen molar-refractivity contribution in [2.24, 2.45) is 0 Å². The minimum Gasteiger partial charge on any atom is -0.493 e. The number of benzene rings is 1. The molecule has 0 saturated heterocycles. The second kappa shape index (κ2) is 7.31. The predicted octanol–water partition coefficient (Wildman–Crippen LogP) is 1.65. The molecular weight excluding hydrogens is 272 g/mol. The van der Waals surface area contributed by atoms with Crippen LogP contribution in [0.15, 0.2) is 18.2 Å². The molecule has 7 heteroatoms. The minimum absolute atomic E-state index is 0.0219. The molecule has 0 bridgehead atoms. The van der Waals surface area contributed by atoms with E-state index >= 15 is 0 Å². The molecule has 20 heavy (non-hydrogen) atoms. The lowest BCUT2D eigenvalue weighted by Gasteiger charge is -2.16. The summed E-state index contributed by atoms with van der Waals surface area (Å²) in [5, 5.41) is 11.7. The fourth-order valence-corrected chi connectivity index (χ4v) is 1.57. The molecule has 1 rings (SSSR count). The number of carbonyl (C=O) groups is 1. The average Bonchev–Trinajstić information content (AvgIpc) is 2.38. The summed E-state index contributed by atoms with van der Waals surface area (Å²) in [7, 11) is 1.29. The topological polar surface area (TPSA) is 67.8 Å². The Labute approximate surface area is 114 Å². The van der Waals surface area contributed by atoms with Crippen LogP contribution in [0.1, 0.15) is 11.6 Å². The van der Waals surface area contributed by atoms with Crippen LogP contribution in [0.2, 0.25) is 0 Å². The Balaban J connectivity index is 3.10. The van der Waals surface area contributed by atoms with Gasteiger partial charge in [-0.25, -0.2) is 0 Å². The number of halogens is 2. The summed E-state index contributed by atoms with van der Waals surface area (Å²) in [5.74, 6) is 0.892. The molecule has 2 N–H and O–H groups in total. The van der Waals surface area contributed by atoms with E-state index in [0.717, 1.165) is 0 Å². The highest BCUT2D eigenvalue weighted by atomic mass is 19.3. The molecule has 1 unspecified atom stereocenters. The molecule has 0 radical (unpaired) electrons. The molecule has 0 fully saturated rings. The van der Waals surface area contributed by atoms with Gasteiger partial charge >= 0.3 is 12.6 Å². The van der Waals surface area contributed by atoms with Gasteiger partial charge in [-0.2, -0.15) is 8.78 Å². The van der Waals surface area contributed by atoms with E-state index in [0.29, 0.717) is 0 Å². The molecule has 0 spiro atoms. The second-order valence-electron chi connectivity index (χ2n) is 3.65. The van der Waals surface area contributed by atoms with Crippen molar-refractivity contribution < 1.29 is 28.2 Å². The lowest BCUT2D eigenvalue weighted by molar-refractivity contribution is -0.139. The van der Waals surface area contributed by atoms with Crippen molar-refractivity contribution in [3.05, 3.63) is 23.8 Å². The Bertz CT molecular complexity index is 514. The van der Waals surface area contributed by atoms with Crippen LogP contribution in [0.4, 0.5) is 8.78 Å². The zero-order valence-corrected chi connectivity index (χ0v) is 10.6. The first-order valence-electron chi connectivity index (χ1n) is 5.52. The fraction of sp³-hybridized carbons (Fsp3) is 0.308. The van der Waals surface area contributed by atoms with Crippen molar-refractivity contribution in [1.82, 2.24) is 5.32 Å². The van der Waals surface area contributed by atoms with Gasteiger partial charge in [0.15, 0.2) is 11.5 Å². The van der Waals surface area contributed by atoms with E-state index in [1.807, 2.05) is 0 Å². The molecule has 1 atom stereocenters. The monoisotopic (exact) mass is 285 g/mol. The first kappa shape index (κ1) is 15.7. The predicted molar refractivity (Wildman–Crippen MR) is 66.8 cm³/mol. The van der Waals surface area contributed by atoms with Gasteiger partial charge in [0.25, 0.3) is 0 Å². The zero-order chi connectivity index (χ0) is 15.1. The highest BCUT2D eigenvalue weighted by Crippen LogP contribution is 2.31. The molecule has 1 aromatic carbocycles. The molecule has 5 nitrogen and oxygen atoms in total. The number of hydrogen-bond donors (Lipinski definition) is 2.